The smallest absolute Gasteiger partial charge is 0.293 e. The summed E-state index contributed by atoms with van der Waals surface area (Å²) in [5.74, 6) is 0.748. The minimum atomic E-state index is -0.160. The highest BCUT2D eigenvalue weighted by Crippen LogP contribution is 2.26. The van der Waals surface area contributed by atoms with E-state index in [4.69, 9.17) is 0 Å². The maximum absolute atomic E-state index is 13.1. The van der Waals surface area contributed by atoms with Crippen molar-refractivity contribution < 1.29 is 4.79 Å². The molecule has 2 aromatic heterocycles. The first kappa shape index (κ1) is 22.5. The summed E-state index contributed by atoms with van der Waals surface area (Å²) in [6.07, 6.45) is 2.93. The van der Waals surface area contributed by atoms with E-state index in [9.17, 15) is 4.79 Å². The van der Waals surface area contributed by atoms with Crippen LogP contribution in [-0.2, 0) is 0 Å². The van der Waals surface area contributed by atoms with E-state index < -0.39 is 0 Å². The van der Waals surface area contributed by atoms with Gasteiger partial charge in [0.25, 0.3) is 5.91 Å². The predicted molar refractivity (Wildman–Crippen MR) is 135 cm³/mol. The number of carbonyl (C=O) groups is 1. The van der Waals surface area contributed by atoms with Crippen molar-refractivity contribution in [2.75, 3.05) is 13.6 Å². The highest BCUT2D eigenvalue weighted by atomic mass is 32.1. The number of aromatic nitrogens is 3. The van der Waals surface area contributed by atoms with Gasteiger partial charge in [-0.2, -0.15) is 0 Å². The molecule has 1 amide bonds. The molecule has 1 aliphatic rings. The quantitative estimate of drug-likeness (QED) is 0.396. The van der Waals surface area contributed by atoms with Crippen molar-refractivity contribution >= 4 is 17.2 Å². The number of carbonyl (C=O) groups excluding carboxylic acids is 1. The van der Waals surface area contributed by atoms with Crippen LogP contribution in [0.15, 0.2) is 78.2 Å². The largest absolute Gasteiger partial charge is 0.339 e. The maximum Gasteiger partial charge on any atom is 0.293 e. The second-order valence-electron chi connectivity index (χ2n) is 8.54. The Kier molecular flexibility index (Phi) is 6.80. The Hall–Kier alpha value is -3.33. The second-order valence-corrected chi connectivity index (χ2v) is 9.48. The standard InChI is InChI=1S/C26H28N6OS/c1-31(16-8-12-20-18-22(29-28-20)19-10-4-2-5-11-19)26(33)24-27-25(23-15-9-17-34-23)32(30-24)21-13-6-3-7-14-21/h2-7,9-11,13-15,17,20,22,28-29H,8,12,16,18H2,1H3. The van der Waals surface area contributed by atoms with Gasteiger partial charge in [0.15, 0.2) is 5.82 Å². The Morgan fingerprint density at radius 2 is 1.82 bits per heavy atom. The van der Waals surface area contributed by atoms with Gasteiger partial charge in [-0.05, 0) is 48.4 Å². The van der Waals surface area contributed by atoms with E-state index in [2.05, 4.69) is 45.2 Å². The molecular formula is C26H28N6OS. The van der Waals surface area contributed by atoms with Gasteiger partial charge in [0.05, 0.1) is 10.6 Å². The zero-order valence-electron chi connectivity index (χ0n) is 19.1. The van der Waals surface area contributed by atoms with Crippen LogP contribution in [0.2, 0.25) is 0 Å². The maximum atomic E-state index is 13.1. The number of rotatable bonds is 8. The summed E-state index contributed by atoms with van der Waals surface area (Å²) in [4.78, 5) is 20.5. The van der Waals surface area contributed by atoms with E-state index in [0.717, 1.165) is 29.8 Å². The first-order valence-corrected chi connectivity index (χ1v) is 12.4. The molecule has 1 aliphatic heterocycles. The van der Waals surface area contributed by atoms with Gasteiger partial charge < -0.3 is 4.90 Å². The van der Waals surface area contributed by atoms with Crippen LogP contribution in [-0.4, -0.2) is 45.2 Å². The molecule has 2 aromatic carbocycles. The average Bonchev–Trinajstić information content (AvgIpc) is 3.65. The Morgan fingerprint density at radius 1 is 1.06 bits per heavy atom. The molecule has 4 aromatic rings. The van der Waals surface area contributed by atoms with Crippen molar-refractivity contribution in [3.63, 3.8) is 0 Å². The fraction of sp³-hybridized carbons (Fsp3) is 0.269. The van der Waals surface area contributed by atoms with Crippen LogP contribution < -0.4 is 10.9 Å². The Labute approximate surface area is 203 Å². The summed E-state index contributed by atoms with van der Waals surface area (Å²) in [6, 6.07) is 25.0. The summed E-state index contributed by atoms with van der Waals surface area (Å²) in [5, 5.41) is 6.59. The molecule has 1 fully saturated rings. The van der Waals surface area contributed by atoms with E-state index in [1.807, 2.05) is 61.0 Å². The topological polar surface area (TPSA) is 75.1 Å². The zero-order chi connectivity index (χ0) is 23.3. The molecule has 0 aliphatic carbocycles. The Bertz CT molecular complexity index is 1210. The van der Waals surface area contributed by atoms with Crippen LogP contribution in [0.4, 0.5) is 0 Å². The van der Waals surface area contributed by atoms with Gasteiger partial charge in [-0.3, -0.25) is 15.6 Å². The van der Waals surface area contributed by atoms with Crippen molar-refractivity contribution in [2.24, 2.45) is 0 Å². The molecule has 2 unspecified atom stereocenters. The summed E-state index contributed by atoms with van der Waals surface area (Å²) in [6.45, 7) is 0.654. The van der Waals surface area contributed by atoms with Crippen molar-refractivity contribution in [3.8, 4) is 16.4 Å². The lowest BCUT2D eigenvalue weighted by atomic mass is 10.00. The molecule has 3 heterocycles. The van der Waals surface area contributed by atoms with Crippen LogP contribution in [0.1, 0.15) is 41.5 Å². The summed E-state index contributed by atoms with van der Waals surface area (Å²) >= 11 is 1.58. The normalized spacial score (nSPS) is 17.7. The number of amides is 1. The van der Waals surface area contributed by atoms with Crippen molar-refractivity contribution in [2.45, 2.75) is 31.3 Å². The van der Waals surface area contributed by atoms with E-state index in [-0.39, 0.29) is 11.7 Å². The predicted octanol–water partition coefficient (Wildman–Crippen LogP) is 4.46. The molecule has 34 heavy (non-hydrogen) atoms. The van der Waals surface area contributed by atoms with Crippen LogP contribution >= 0.6 is 11.3 Å². The van der Waals surface area contributed by atoms with Crippen LogP contribution in [0.3, 0.4) is 0 Å². The third-order valence-corrected chi connectivity index (χ3v) is 6.98. The molecule has 1 saturated heterocycles. The number of nitrogens with one attached hydrogen (secondary N) is 2. The molecule has 7 nitrogen and oxygen atoms in total. The summed E-state index contributed by atoms with van der Waals surface area (Å²) in [5.41, 5.74) is 8.98. The number of para-hydroxylation sites is 1. The summed E-state index contributed by atoms with van der Waals surface area (Å²) in [7, 11) is 1.82. The molecule has 174 valence electrons. The van der Waals surface area contributed by atoms with Gasteiger partial charge in [-0.15, -0.1) is 16.4 Å². The van der Waals surface area contributed by atoms with E-state index in [1.165, 1.54) is 5.56 Å². The third-order valence-electron chi connectivity index (χ3n) is 6.12. The fourth-order valence-corrected chi connectivity index (χ4v) is 4.98. The van der Waals surface area contributed by atoms with Gasteiger partial charge in [0.1, 0.15) is 0 Å². The number of hydrogen-bond acceptors (Lipinski definition) is 6. The zero-order valence-corrected chi connectivity index (χ0v) is 19.9. The van der Waals surface area contributed by atoms with Gasteiger partial charge in [-0.25, -0.2) is 9.67 Å². The van der Waals surface area contributed by atoms with Crippen LogP contribution in [0.5, 0.6) is 0 Å². The van der Waals surface area contributed by atoms with Gasteiger partial charge >= 0.3 is 0 Å². The first-order chi connectivity index (χ1) is 16.7. The molecule has 0 spiro atoms. The molecule has 8 heteroatoms. The lowest BCUT2D eigenvalue weighted by molar-refractivity contribution is 0.0780. The molecule has 2 N–H and O–H groups in total. The Balaban J connectivity index is 1.21. The van der Waals surface area contributed by atoms with Gasteiger partial charge in [-0.1, -0.05) is 54.6 Å². The number of nitrogens with zero attached hydrogens (tertiary/aromatic N) is 4. The number of hydrazine groups is 1. The molecule has 2 atom stereocenters. The number of benzene rings is 2. The SMILES string of the molecule is CN(CCCC1CC(c2ccccc2)NN1)C(=O)c1nc(-c2cccs2)n(-c2ccccc2)n1. The molecule has 0 radical (unpaired) electrons. The highest BCUT2D eigenvalue weighted by molar-refractivity contribution is 7.13. The minimum Gasteiger partial charge on any atom is -0.339 e. The van der Waals surface area contributed by atoms with E-state index >= 15 is 0 Å². The third kappa shape index (κ3) is 4.94. The first-order valence-electron chi connectivity index (χ1n) is 11.6. The molecule has 5 rings (SSSR count). The van der Waals surface area contributed by atoms with E-state index in [0.29, 0.717) is 24.5 Å². The minimum absolute atomic E-state index is 0.160. The monoisotopic (exact) mass is 472 g/mol. The van der Waals surface area contributed by atoms with Crippen molar-refractivity contribution in [3.05, 3.63) is 89.6 Å². The molecular weight excluding hydrogens is 444 g/mol. The average molecular weight is 473 g/mol. The highest BCUT2D eigenvalue weighted by Gasteiger charge is 2.25. The van der Waals surface area contributed by atoms with Crippen molar-refractivity contribution in [1.29, 1.82) is 0 Å². The van der Waals surface area contributed by atoms with Gasteiger partial charge in [0.2, 0.25) is 5.82 Å². The molecule has 0 saturated carbocycles. The molecule has 0 bridgehead atoms. The number of hydrogen-bond donors (Lipinski definition) is 2. The Morgan fingerprint density at radius 3 is 2.56 bits per heavy atom. The van der Waals surface area contributed by atoms with Crippen LogP contribution in [0, 0.1) is 0 Å². The lowest BCUT2D eigenvalue weighted by Gasteiger charge is -2.16. The van der Waals surface area contributed by atoms with E-state index in [1.54, 1.807) is 20.9 Å². The fourth-order valence-electron chi connectivity index (χ4n) is 4.28. The summed E-state index contributed by atoms with van der Waals surface area (Å²) < 4.78 is 1.75. The van der Waals surface area contributed by atoms with Gasteiger partial charge in [0, 0.05) is 25.7 Å². The second kappa shape index (κ2) is 10.3. The van der Waals surface area contributed by atoms with Crippen molar-refractivity contribution in [1.82, 2.24) is 30.5 Å². The number of thiophene rings is 1. The van der Waals surface area contributed by atoms with Crippen LogP contribution in [0.25, 0.3) is 16.4 Å². The lowest BCUT2D eigenvalue weighted by Crippen LogP contribution is -2.33.